The minimum atomic E-state index is -0.816. The number of halogens is 1. The third kappa shape index (κ3) is 2.77. The van der Waals surface area contributed by atoms with Crippen LogP contribution in [0.15, 0.2) is 24.3 Å². The van der Waals surface area contributed by atoms with Crippen LogP contribution in [0.1, 0.15) is 45.2 Å². The van der Waals surface area contributed by atoms with Crippen molar-refractivity contribution >= 4 is 11.8 Å². The molecule has 5 heteroatoms. The van der Waals surface area contributed by atoms with Crippen LogP contribution in [0.4, 0.5) is 4.39 Å². The maximum Gasteiger partial charge on any atom is 0.249 e. The summed E-state index contributed by atoms with van der Waals surface area (Å²) in [4.78, 5) is 26.3. The van der Waals surface area contributed by atoms with Crippen LogP contribution >= 0.6 is 0 Å². The fourth-order valence-electron chi connectivity index (χ4n) is 2.82. The molecule has 1 aromatic rings. The summed E-state index contributed by atoms with van der Waals surface area (Å²) in [5.74, 6) is -0.527. The molecule has 4 nitrogen and oxygen atoms in total. The Balaban J connectivity index is 2.31. The first-order valence-electron chi connectivity index (χ1n) is 7.31. The zero-order chi connectivity index (χ0) is 15.6. The largest absolute Gasteiger partial charge is 0.340 e. The van der Waals surface area contributed by atoms with E-state index < -0.39 is 5.54 Å². The summed E-state index contributed by atoms with van der Waals surface area (Å²) in [5, 5.41) is 2.83. The first-order valence-corrected chi connectivity index (χ1v) is 7.31. The molecule has 1 fully saturated rings. The van der Waals surface area contributed by atoms with Crippen LogP contribution in [-0.4, -0.2) is 28.8 Å². The lowest BCUT2D eigenvalue weighted by Crippen LogP contribution is -2.66. The highest BCUT2D eigenvalue weighted by atomic mass is 19.1. The average Bonchev–Trinajstić information content (AvgIpc) is 2.49. The van der Waals surface area contributed by atoms with Crippen LogP contribution in [0.3, 0.4) is 0 Å². The first kappa shape index (κ1) is 15.5. The Kier molecular flexibility index (Phi) is 4.30. The summed E-state index contributed by atoms with van der Waals surface area (Å²) in [6.45, 7) is 5.69. The van der Waals surface area contributed by atoms with E-state index in [-0.39, 0.29) is 30.2 Å². The minimum absolute atomic E-state index is 0.0408. The molecule has 0 saturated carbocycles. The number of hydrogen-bond donors (Lipinski definition) is 1. The van der Waals surface area contributed by atoms with Gasteiger partial charge in [0.15, 0.2) is 0 Å². The predicted molar refractivity (Wildman–Crippen MR) is 78.0 cm³/mol. The summed E-state index contributed by atoms with van der Waals surface area (Å²) in [6.07, 6.45) is 1.11. The van der Waals surface area contributed by atoms with Gasteiger partial charge < -0.3 is 10.2 Å². The molecule has 1 aliphatic rings. The Labute approximate surface area is 124 Å². The minimum Gasteiger partial charge on any atom is -0.340 e. The Bertz CT molecular complexity index is 538. The highest BCUT2D eigenvalue weighted by Crippen LogP contribution is 2.29. The van der Waals surface area contributed by atoms with Gasteiger partial charge in [0.2, 0.25) is 11.8 Å². The molecule has 1 atom stereocenters. The highest BCUT2D eigenvalue weighted by molar-refractivity contribution is 5.98. The van der Waals surface area contributed by atoms with Gasteiger partial charge in [-0.25, -0.2) is 4.39 Å². The lowest BCUT2D eigenvalue weighted by atomic mass is 9.87. The summed E-state index contributed by atoms with van der Waals surface area (Å²) in [5.41, 5.74) is 0.00411. The number of piperazine rings is 1. The lowest BCUT2D eigenvalue weighted by Gasteiger charge is -2.43. The SMILES string of the molecule is CCC1(CC)NC(=O)CN(C(C)c2ccc(F)cc2)C1=O. The second-order valence-electron chi connectivity index (χ2n) is 5.50. The molecule has 1 saturated heterocycles. The van der Waals surface area contributed by atoms with Crippen molar-refractivity contribution in [3.8, 4) is 0 Å². The number of amides is 2. The molecule has 2 rings (SSSR count). The van der Waals surface area contributed by atoms with Gasteiger partial charge in [0.1, 0.15) is 17.9 Å². The smallest absolute Gasteiger partial charge is 0.249 e. The van der Waals surface area contributed by atoms with Crippen LogP contribution in [-0.2, 0) is 9.59 Å². The molecule has 0 bridgehead atoms. The molecule has 1 aromatic carbocycles. The van der Waals surface area contributed by atoms with E-state index in [0.29, 0.717) is 12.8 Å². The third-order valence-corrected chi connectivity index (χ3v) is 4.39. The molecule has 1 unspecified atom stereocenters. The maximum absolute atomic E-state index is 13.0. The van der Waals surface area contributed by atoms with Gasteiger partial charge in [-0.2, -0.15) is 0 Å². The quantitative estimate of drug-likeness (QED) is 0.926. The standard InChI is InChI=1S/C16H21FN2O2/c1-4-16(5-2)15(21)19(10-14(20)18-16)11(3)12-6-8-13(17)9-7-12/h6-9,11H,4-5,10H2,1-3H3,(H,18,20). The first-order chi connectivity index (χ1) is 9.93. The summed E-state index contributed by atoms with van der Waals surface area (Å²) < 4.78 is 13.0. The van der Waals surface area contributed by atoms with Gasteiger partial charge >= 0.3 is 0 Å². The monoisotopic (exact) mass is 292 g/mol. The Hall–Kier alpha value is -1.91. The molecular formula is C16H21FN2O2. The summed E-state index contributed by atoms with van der Waals surface area (Å²) in [7, 11) is 0. The fraction of sp³-hybridized carbons (Fsp3) is 0.500. The predicted octanol–water partition coefficient (Wildman–Crippen LogP) is 2.40. The van der Waals surface area contributed by atoms with Crippen molar-refractivity contribution in [1.29, 1.82) is 0 Å². The van der Waals surface area contributed by atoms with Crippen LogP contribution in [0.25, 0.3) is 0 Å². The zero-order valence-corrected chi connectivity index (χ0v) is 12.6. The molecule has 1 heterocycles. The topological polar surface area (TPSA) is 49.4 Å². The number of carbonyl (C=O) groups excluding carboxylic acids is 2. The Morgan fingerprint density at radius 3 is 2.33 bits per heavy atom. The van der Waals surface area contributed by atoms with E-state index in [9.17, 15) is 14.0 Å². The van der Waals surface area contributed by atoms with E-state index in [1.807, 2.05) is 20.8 Å². The second kappa shape index (κ2) is 5.84. The van der Waals surface area contributed by atoms with Crippen LogP contribution in [0.2, 0.25) is 0 Å². The van der Waals surface area contributed by atoms with Crippen molar-refractivity contribution in [3.05, 3.63) is 35.6 Å². The molecular weight excluding hydrogens is 271 g/mol. The van der Waals surface area contributed by atoms with Gasteiger partial charge in [-0.05, 0) is 37.5 Å². The average molecular weight is 292 g/mol. The van der Waals surface area contributed by atoms with Gasteiger partial charge in [0.05, 0.1) is 6.04 Å². The van der Waals surface area contributed by atoms with E-state index >= 15 is 0 Å². The van der Waals surface area contributed by atoms with Gasteiger partial charge in [-0.15, -0.1) is 0 Å². The molecule has 2 amide bonds. The fourth-order valence-corrected chi connectivity index (χ4v) is 2.82. The van der Waals surface area contributed by atoms with Crippen molar-refractivity contribution in [2.75, 3.05) is 6.54 Å². The molecule has 21 heavy (non-hydrogen) atoms. The molecule has 1 N–H and O–H groups in total. The van der Waals surface area contributed by atoms with E-state index in [1.54, 1.807) is 17.0 Å². The van der Waals surface area contributed by atoms with Crippen molar-refractivity contribution in [2.24, 2.45) is 0 Å². The van der Waals surface area contributed by atoms with E-state index in [2.05, 4.69) is 5.32 Å². The van der Waals surface area contributed by atoms with Crippen molar-refractivity contribution in [2.45, 2.75) is 45.2 Å². The molecule has 114 valence electrons. The van der Waals surface area contributed by atoms with Gasteiger partial charge in [-0.3, -0.25) is 9.59 Å². The Morgan fingerprint density at radius 2 is 1.81 bits per heavy atom. The normalized spacial score (nSPS) is 19.3. The van der Waals surface area contributed by atoms with Gasteiger partial charge in [0, 0.05) is 0 Å². The summed E-state index contributed by atoms with van der Waals surface area (Å²) >= 11 is 0. The number of benzene rings is 1. The van der Waals surface area contributed by atoms with Crippen molar-refractivity contribution < 1.29 is 14.0 Å². The number of nitrogens with zero attached hydrogens (tertiary/aromatic N) is 1. The number of hydrogen-bond acceptors (Lipinski definition) is 2. The van der Waals surface area contributed by atoms with Crippen LogP contribution in [0.5, 0.6) is 0 Å². The van der Waals surface area contributed by atoms with Crippen molar-refractivity contribution in [3.63, 3.8) is 0 Å². The molecule has 1 aliphatic heterocycles. The highest BCUT2D eigenvalue weighted by Gasteiger charge is 2.45. The Morgan fingerprint density at radius 1 is 1.24 bits per heavy atom. The third-order valence-electron chi connectivity index (χ3n) is 4.39. The van der Waals surface area contributed by atoms with Crippen LogP contribution in [0, 0.1) is 5.82 Å². The number of carbonyl (C=O) groups is 2. The van der Waals surface area contributed by atoms with Gasteiger partial charge in [-0.1, -0.05) is 26.0 Å². The number of nitrogens with one attached hydrogen (secondary N) is 1. The molecule has 0 spiro atoms. The van der Waals surface area contributed by atoms with Crippen LogP contribution < -0.4 is 5.32 Å². The summed E-state index contributed by atoms with van der Waals surface area (Å²) in [6, 6.07) is 5.78. The zero-order valence-electron chi connectivity index (χ0n) is 12.6. The molecule has 0 aromatic heterocycles. The van der Waals surface area contributed by atoms with Crippen molar-refractivity contribution in [1.82, 2.24) is 10.2 Å². The maximum atomic E-state index is 13.0. The van der Waals surface area contributed by atoms with Gasteiger partial charge in [0.25, 0.3) is 0 Å². The lowest BCUT2D eigenvalue weighted by molar-refractivity contribution is -0.152. The van der Waals surface area contributed by atoms with E-state index in [1.165, 1.54) is 12.1 Å². The molecule has 0 aliphatic carbocycles. The number of rotatable bonds is 4. The van der Waals surface area contributed by atoms with E-state index in [4.69, 9.17) is 0 Å². The molecule has 0 radical (unpaired) electrons. The van der Waals surface area contributed by atoms with E-state index in [0.717, 1.165) is 5.56 Å². The second-order valence-corrected chi connectivity index (χ2v) is 5.50.